The molecule has 0 bridgehead atoms. The summed E-state index contributed by atoms with van der Waals surface area (Å²) in [7, 11) is 8.65. The van der Waals surface area contributed by atoms with Crippen LogP contribution in [0.2, 0.25) is 0 Å². The highest BCUT2D eigenvalue weighted by atomic mass is 79.9. The summed E-state index contributed by atoms with van der Waals surface area (Å²) in [4.78, 5) is 0. The van der Waals surface area contributed by atoms with Gasteiger partial charge < -0.3 is 26.8 Å². The molecule has 4 heteroatoms. The lowest BCUT2D eigenvalue weighted by Crippen LogP contribution is -3.00. The van der Waals surface area contributed by atoms with Gasteiger partial charge in [0.25, 0.3) is 0 Å². The van der Waals surface area contributed by atoms with E-state index in [1.807, 2.05) is 7.05 Å². The lowest BCUT2D eigenvalue weighted by Gasteiger charge is -2.23. The highest BCUT2D eigenvalue weighted by Crippen LogP contribution is 1.90. The fraction of sp³-hybridized carbons (Fsp3) is 1.00. The molecule has 0 amide bonds. The molecule has 0 aromatic rings. The van der Waals surface area contributed by atoms with Crippen molar-refractivity contribution in [3.05, 3.63) is 0 Å². The Morgan fingerprint density at radius 2 is 1.64 bits per heavy atom. The van der Waals surface area contributed by atoms with Gasteiger partial charge in [0, 0.05) is 13.0 Å². The molecule has 2 nitrogen and oxygen atoms in total. The summed E-state index contributed by atoms with van der Waals surface area (Å²) < 4.78 is 1.07. The Morgan fingerprint density at radius 1 is 1.18 bits per heavy atom. The molecule has 0 radical (unpaired) electrons. The van der Waals surface area contributed by atoms with Crippen molar-refractivity contribution in [3.63, 3.8) is 0 Å². The van der Waals surface area contributed by atoms with Crippen molar-refractivity contribution in [3.8, 4) is 0 Å². The highest BCUT2D eigenvalue weighted by molar-refractivity contribution is 8.93. The maximum absolute atomic E-state index is 3.13. The summed E-state index contributed by atoms with van der Waals surface area (Å²) in [5, 5.41) is 3.13. The average Bonchev–Trinajstić information content (AvgIpc) is 1.63. The van der Waals surface area contributed by atoms with Crippen molar-refractivity contribution in [2.45, 2.75) is 6.42 Å². The Morgan fingerprint density at radius 3 is 1.91 bits per heavy atom. The summed E-state index contributed by atoms with van der Waals surface area (Å²) in [5.74, 6) is 0. The van der Waals surface area contributed by atoms with Crippen LogP contribution in [0.3, 0.4) is 0 Å². The van der Waals surface area contributed by atoms with Gasteiger partial charge in [-0.1, -0.05) is 0 Å². The van der Waals surface area contributed by atoms with Gasteiger partial charge in [0.2, 0.25) is 0 Å². The maximum Gasteiger partial charge on any atom is 0.0792 e. The molecule has 0 heterocycles. The van der Waals surface area contributed by atoms with Crippen molar-refractivity contribution >= 4 is 17.0 Å². The molecule has 0 rings (SSSR count). The van der Waals surface area contributed by atoms with E-state index in [2.05, 4.69) is 26.5 Å². The van der Waals surface area contributed by atoms with Crippen LogP contribution < -0.4 is 22.3 Å². The van der Waals surface area contributed by atoms with Gasteiger partial charge in [-0.3, -0.25) is 0 Å². The number of rotatable bonds is 4. The van der Waals surface area contributed by atoms with Crippen LogP contribution in [-0.2, 0) is 0 Å². The molecule has 0 aromatic carbocycles. The van der Waals surface area contributed by atoms with E-state index in [1.54, 1.807) is 0 Å². The van der Waals surface area contributed by atoms with Gasteiger partial charge in [0.15, 0.2) is 0 Å². The largest absolute Gasteiger partial charge is 1.00 e. The second-order valence-corrected chi connectivity index (χ2v) is 3.47. The molecule has 0 saturated carbocycles. The number of quaternary nitrogens is 1. The second-order valence-electron chi connectivity index (χ2n) is 3.47. The van der Waals surface area contributed by atoms with Crippen LogP contribution in [0.5, 0.6) is 0 Å². The first-order valence-corrected chi connectivity index (χ1v) is 3.51. The fourth-order valence-corrected chi connectivity index (χ4v) is 0.730. The Labute approximate surface area is 91.5 Å². The lowest BCUT2D eigenvalue weighted by molar-refractivity contribution is -0.870. The summed E-state index contributed by atoms with van der Waals surface area (Å²) in [6.07, 6.45) is 1.26. The number of hydrogen-bond acceptors (Lipinski definition) is 1. The molecule has 0 aliphatic carbocycles. The van der Waals surface area contributed by atoms with Gasteiger partial charge in [-0.05, 0) is 7.05 Å². The summed E-state index contributed by atoms with van der Waals surface area (Å²) >= 11 is 0. The van der Waals surface area contributed by atoms with Crippen molar-refractivity contribution < 1.29 is 21.5 Å². The standard InChI is InChI=1S/C7H19N2.2BrH/c1-8-6-5-7-9(2,3)4;;/h8H,5-7H2,1-4H3;2*1H/q+1;;/p-1. The number of nitrogens with zero attached hydrogens (tertiary/aromatic N) is 1. The third-order valence-electron chi connectivity index (χ3n) is 1.26. The predicted octanol–water partition coefficient (Wildman–Crippen LogP) is -2.12. The maximum atomic E-state index is 3.13. The molecule has 0 unspecified atom stereocenters. The van der Waals surface area contributed by atoms with E-state index in [9.17, 15) is 0 Å². The van der Waals surface area contributed by atoms with Crippen molar-refractivity contribution in [1.82, 2.24) is 5.32 Å². The molecular weight excluding hydrogens is 272 g/mol. The number of hydrogen-bond donors (Lipinski definition) is 1. The quantitative estimate of drug-likeness (QED) is 0.462. The molecule has 0 spiro atoms. The van der Waals surface area contributed by atoms with E-state index in [4.69, 9.17) is 0 Å². The van der Waals surface area contributed by atoms with Gasteiger partial charge in [0.05, 0.1) is 27.7 Å². The van der Waals surface area contributed by atoms with Crippen molar-refractivity contribution in [2.24, 2.45) is 0 Å². The molecule has 0 fully saturated rings. The van der Waals surface area contributed by atoms with Crippen LogP contribution in [-0.4, -0.2) is 45.8 Å². The smallest absolute Gasteiger partial charge is 0.0792 e. The van der Waals surface area contributed by atoms with Gasteiger partial charge in [-0.15, -0.1) is 17.0 Å². The third-order valence-corrected chi connectivity index (χ3v) is 1.26. The zero-order valence-corrected chi connectivity index (χ0v) is 11.2. The number of nitrogens with one attached hydrogen (secondary N) is 1. The van der Waals surface area contributed by atoms with Crippen LogP contribution in [0.4, 0.5) is 0 Å². The topological polar surface area (TPSA) is 12.0 Å². The minimum absolute atomic E-state index is 0. The first-order chi connectivity index (χ1) is 4.06. The molecule has 11 heavy (non-hydrogen) atoms. The van der Waals surface area contributed by atoms with Gasteiger partial charge in [-0.25, -0.2) is 0 Å². The SMILES string of the molecule is Br.CNCCC[N+](C)(C)C.[Br-]. The van der Waals surface area contributed by atoms with Crippen LogP contribution >= 0.6 is 17.0 Å². The zero-order valence-electron chi connectivity index (χ0n) is 7.85. The van der Waals surface area contributed by atoms with E-state index in [0.29, 0.717) is 0 Å². The van der Waals surface area contributed by atoms with Gasteiger partial charge in [-0.2, -0.15) is 0 Å². The van der Waals surface area contributed by atoms with E-state index in [0.717, 1.165) is 11.0 Å². The third kappa shape index (κ3) is 18.1. The van der Waals surface area contributed by atoms with Crippen LogP contribution in [0.1, 0.15) is 6.42 Å². The Bertz CT molecular complexity index is 71.3. The lowest BCUT2D eigenvalue weighted by atomic mass is 10.4. The normalized spacial score (nSPS) is 9.82. The molecule has 0 atom stereocenters. The van der Waals surface area contributed by atoms with Crippen molar-refractivity contribution in [2.75, 3.05) is 41.3 Å². The predicted molar refractivity (Wildman–Crippen MR) is 51.8 cm³/mol. The number of halogens is 2. The molecule has 1 N–H and O–H groups in total. The Hall–Kier alpha value is 0.880. The van der Waals surface area contributed by atoms with E-state index in [-0.39, 0.29) is 34.0 Å². The van der Waals surface area contributed by atoms with E-state index < -0.39 is 0 Å². The molecule has 72 valence electrons. The average molecular weight is 292 g/mol. The highest BCUT2D eigenvalue weighted by Gasteiger charge is 2.03. The molecular formula is C7H20Br2N2. The summed E-state index contributed by atoms with van der Waals surface area (Å²) in [6.45, 7) is 2.39. The molecule has 0 saturated heterocycles. The van der Waals surface area contributed by atoms with E-state index >= 15 is 0 Å². The van der Waals surface area contributed by atoms with E-state index in [1.165, 1.54) is 13.0 Å². The fourth-order valence-electron chi connectivity index (χ4n) is 0.730. The minimum Gasteiger partial charge on any atom is -1.00 e. The summed E-state index contributed by atoms with van der Waals surface area (Å²) in [6, 6.07) is 0. The first kappa shape index (κ1) is 17.8. The molecule has 0 aromatic heterocycles. The van der Waals surface area contributed by atoms with Crippen LogP contribution in [0.15, 0.2) is 0 Å². The monoisotopic (exact) mass is 290 g/mol. The van der Waals surface area contributed by atoms with Crippen LogP contribution in [0, 0.1) is 0 Å². The second kappa shape index (κ2) is 8.97. The Kier molecular flexibility index (Phi) is 14.5. The molecule has 0 aliphatic rings. The first-order valence-electron chi connectivity index (χ1n) is 3.51. The van der Waals surface area contributed by atoms with Gasteiger partial charge in [0.1, 0.15) is 0 Å². The minimum atomic E-state index is 0. The van der Waals surface area contributed by atoms with Gasteiger partial charge >= 0.3 is 0 Å². The Balaban J connectivity index is -0.000000320. The summed E-state index contributed by atoms with van der Waals surface area (Å²) in [5.41, 5.74) is 0. The zero-order chi connectivity index (χ0) is 7.33. The van der Waals surface area contributed by atoms with Crippen LogP contribution in [0.25, 0.3) is 0 Å². The molecule has 0 aliphatic heterocycles. The van der Waals surface area contributed by atoms with Crippen molar-refractivity contribution in [1.29, 1.82) is 0 Å².